The molecule has 0 unspecified atom stereocenters. The van der Waals surface area contributed by atoms with Crippen LogP contribution in [0.25, 0.3) is 0 Å². The fourth-order valence-electron chi connectivity index (χ4n) is 6.80. The summed E-state index contributed by atoms with van der Waals surface area (Å²) in [6, 6.07) is 23.6. The van der Waals surface area contributed by atoms with E-state index in [1.807, 2.05) is 59.5 Å². The molecule has 2 saturated heterocycles. The number of rotatable bonds is 9. The van der Waals surface area contributed by atoms with Crippen molar-refractivity contribution in [2.24, 2.45) is 0 Å². The zero-order chi connectivity index (χ0) is 31.9. The molecule has 5 rings (SSSR count). The third-order valence-electron chi connectivity index (χ3n) is 9.12. The topological polar surface area (TPSA) is 76.6 Å². The van der Waals surface area contributed by atoms with Crippen molar-refractivity contribution in [3.8, 4) is 5.75 Å². The number of phenolic OH excluding ortho intramolecular Hbond substituents is 1. The van der Waals surface area contributed by atoms with Gasteiger partial charge in [-0.3, -0.25) is 19.5 Å². The minimum atomic E-state index is -0.336. The number of ether oxygens (including phenoxy) is 1. The third-order valence-corrected chi connectivity index (χ3v) is 9.12. The van der Waals surface area contributed by atoms with Crippen molar-refractivity contribution in [1.82, 2.24) is 19.6 Å². The lowest BCUT2D eigenvalue weighted by Gasteiger charge is -2.47. The Hall–Kier alpha value is -3.98. The number of carbonyl (C=O) groups excluding carboxylic acids is 2. The van der Waals surface area contributed by atoms with Crippen LogP contribution in [-0.2, 0) is 11.3 Å². The highest BCUT2D eigenvalue weighted by Gasteiger charge is 2.35. The number of nitrogens with zero attached hydrogens (tertiary/aromatic N) is 4. The lowest BCUT2D eigenvalue weighted by molar-refractivity contribution is 0.0306. The standard InChI is InChI=1S/C37H46N4O4/c1-5-16-40-24-28(3)41(25-27(40)2)35(31-12-8-15-34(42)23-31)30-11-7-13-32(22-30)36(43)39-18-9-17-38(19-20-39)26-29-10-6-14-33(21-29)37(44)45-4/h5-8,10-15,21-23,27-28,35,42H,1,9,16-20,24-26H2,2-4H3/t27-,28+,35-/m1/s1. The van der Waals surface area contributed by atoms with Gasteiger partial charge in [0, 0.05) is 70.0 Å². The number of amides is 1. The molecule has 238 valence electrons. The van der Waals surface area contributed by atoms with Crippen molar-refractivity contribution < 1.29 is 19.4 Å². The van der Waals surface area contributed by atoms with Gasteiger partial charge in [-0.05, 0) is 73.4 Å². The monoisotopic (exact) mass is 610 g/mol. The molecular weight excluding hydrogens is 564 g/mol. The maximum atomic E-state index is 13.9. The van der Waals surface area contributed by atoms with Gasteiger partial charge in [0.1, 0.15) is 5.75 Å². The number of piperazine rings is 1. The fourth-order valence-corrected chi connectivity index (χ4v) is 6.80. The summed E-state index contributed by atoms with van der Waals surface area (Å²) in [6.07, 6.45) is 2.84. The van der Waals surface area contributed by atoms with Gasteiger partial charge >= 0.3 is 5.97 Å². The van der Waals surface area contributed by atoms with E-state index in [0.717, 1.165) is 55.8 Å². The fraction of sp³-hybridized carbons (Fsp3) is 0.405. The Balaban J connectivity index is 1.33. The van der Waals surface area contributed by atoms with E-state index in [0.29, 0.717) is 36.8 Å². The summed E-state index contributed by atoms with van der Waals surface area (Å²) >= 11 is 0. The number of methoxy groups -OCH3 is 1. The molecule has 0 aliphatic carbocycles. The van der Waals surface area contributed by atoms with Crippen molar-refractivity contribution in [3.63, 3.8) is 0 Å². The van der Waals surface area contributed by atoms with Crippen LogP contribution in [0, 0.1) is 0 Å². The van der Waals surface area contributed by atoms with E-state index < -0.39 is 0 Å². The second kappa shape index (κ2) is 14.9. The minimum absolute atomic E-state index is 0.0401. The van der Waals surface area contributed by atoms with Gasteiger partial charge in [-0.15, -0.1) is 6.58 Å². The lowest BCUT2D eigenvalue weighted by atomic mass is 9.92. The molecule has 0 bridgehead atoms. The molecule has 0 radical (unpaired) electrons. The van der Waals surface area contributed by atoms with Crippen molar-refractivity contribution in [2.75, 3.05) is 52.9 Å². The number of hydrogen-bond donors (Lipinski definition) is 1. The van der Waals surface area contributed by atoms with E-state index in [1.54, 1.807) is 12.1 Å². The van der Waals surface area contributed by atoms with Gasteiger partial charge in [0.2, 0.25) is 0 Å². The summed E-state index contributed by atoms with van der Waals surface area (Å²) < 4.78 is 4.88. The molecule has 3 aromatic carbocycles. The molecule has 3 atom stereocenters. The summed E-state index contributed by atoms with van der Waals surface area (Å²) in [5.74, 6) is -0.0583. The Bertz CT molecular complexity index is 1490. The Morgan fingerprint density at radius 3 is 2.40 bits per heavy atom. The first-order chi connectivity index (χ1) is 21.8. The van der Waals surface area contributed by atoms with E-state index >= 15 is 0 Å². The average Bonchev–Trinajstić information content (AvgIpc) is 3.28. The number of benzene rings is 3. The molecular formula is C37H46N4O4. The van der Waals surface area contributed by atoms with Crippen LogP contribution < -0.4 is 0 Å². The predicted octanol–water partition coefficient (Wildman–Crippen LogP) is 5.20. The van der Waals surface area contributed by atoms with Gasteiger partial charge in [-0.25, -0.2) is 4.79 Å². The molecule has 8 heteroatoms. The molecule has 0 spiro atoms. The molecule has 1 amide bonds. The van der Waals surface area contributed by atoms with E-state index in [9.17, 15) is 14.7 Å². The van der Waals surface area contributed by atoms with Crippen LogP contribution >= 0.6 is 0 Å². The summed E-state index contributed by atoms with van der Waals surface area (Å²) in [4.78, 5) is 35.2. The van der Waals surface area contributed by atoms with Crippen LogP contribution in [-0.4, -0.2) is 102 Å². The van der Waals surface area contributed by atoms with Gasteiger partial charge in [-0.2, -0.15) is 0 Å². The summed E-state index contributed by atoms with van der Waals surface area (Å²) in [7, 11) is 1.39. The van der Waals surface area contributed by atoms with E-state index in [-0.39, 0.29) is 29.7 Å². The largest absolute Gasteiger partial charge is 0.508 e. The first-order valence-corrected chi connectivity index (χ1v) is 16.0. The maximum absolute atomic E-state index is 13.9. The highest BCUT2D eigenvalue weighted by atomic mass is 16.5. The lowest BCUT2D eigenvalue weighted by Crippen LogP contribution is -2.57. The van der Waals surface area contributed by atoms with Crippen molar-refractivity contribution >= 4 is 11.9 Å². The molecule has 0 saturated carbocycles. The zero-order valence-corrected chi connectivity index (χ0v) is 26.8. The molecule has 2 aliphatic rings. The van der Waals surface area contributed by atoms with Crippen LogP contribution in [0.15, 0.2) is 85.5 Å². The minimum Gasteiger partial charge on any atom is -0.508 e. The van der Waals surface area contributed by atoms with Gasteiger partial charge in [0.05, 0.1) is 18.7 Å². The van der Waals surface area contributed by atoms with Crippen LogP contribution in [0.4, 0.5) is 0 Å². The molecule has 2 aliphatic heterocycles. The van der Waals surface area contributed by atoms with E-state index in [4.69, 9.17) is 4.74 Å². The SMILES string of the molecule is C=CCN1C[C@H](C)N([C@@H](c2cccc(O)c2)c2cccc(C(=O)N3CCCN(Cc4cccc(C(=O)OC)c4)CC3)c2)C[C@H]1C. The first kappa shape index (κ1) is 32.4. The van der Waals surface area contributed by atoms with Crippen LogP contribution in [0.5, 0.6) is 5.75 Å². The highest BCUT2D eigenvalue weighted by molar-refractivity contribution is 5.94. The smallest absolute Gasteiger partial charge is 0.337 e. The second-order valence-corrected chi connectivity index (χ2v) is 12.4. The highest BCUT2D eigenvalue weighted by Crippen LogP contribution is 2.35. The molecule has 2 fully saturated rings. The van der Waals surface area contributed by atoms with E-state index in [2.05, 4.69) is 47.3 Å². The maximum Gasteiger partial charge on any atom is 0.337 e. The Morgan fingerprint density at radius 2 is 1.64 bits per heavy atom. The van der Waals surface area contributed by atoms with Crippen molar-refractivity contribution in [2.45, 2.75) is 44.9 Å². The van der Waals surface area contributed by atoms with Crippen LogP contribution in [0.3, 0.4) is 0 Å². The van der Waals surface area contributed by atoms with Gasteiger partial charge < -0.3 is 14.7 Å². The molecule has 8 nitrogen and oxygen atoms in total. The van der Waals surface area contributed by atoms with Gasteiger partial charge in [0.15, 0.2) is 0 Å². The van der Waals surface area contributed by atoms with Gasteiger partial charge in [0.25, 0.3) is 5.91 Å². The Morgan fingerprint density at radius 1 is 0.911 bits per heavy atom. The van der Waals surface area contributed by atoms with Crippen LogP contribution in [0.1, 0.15) is 63.7 Å². The third kappa shape index (κ3) is 7.82. The number of aromatic hydroxyl groups is 1. The second-order valence-electron chi connectivity index (χ2n) is 12.4. The number of phenols is 1. The van der Waals surface area contributed by atoms with E-state index in [1.165, 1.54) is 7.11 Å². The molecule has 3 aromatic rings. The van der Waals surface area contributed by atoms with Crippen molar-refractivity contribution in [1.29, 1.82) is 0 Å². The average molecular weight is 611 g/mol. The first-order valence-electron chi connectivity index (χ1n) is 16.0. The van der Waals surface area contributed by atoms with Crippen molar-refractivity contribution in [3.05, 3.63) is 113 Å². The normalized spacial score (nSPS) is 20.7. The zero-order valence-electron chi connectivity index (χ0n) is 26.8. The molecule has 45 heavy (non-hydrogen) atoms. The quantitative estimate of drug-likeness (QED) is 0.264. The summed E-state index contributed by atoms with van der Waals surface area (Å²) in [6.45, 7) is 14.7. The molecule has 2 heterocycles. The van der Waals surface area contributed by atoms with Gasteiger partial charge in [-0.1, -0.05) is 42.5 Å². The molecule has 1 N–H and O–H groups in total. The van der Waals surface area contributed by atoms with Crippen LogP contribution in [0.2, 0.25) is 0 Å². The molecule has 0 aromatic heterocycles. The number of esters is 1. The number of carbonyl (C=O) groups is 2. The summed E-state index contributed by atoms with van der Waals surface area (Å²) in [5, 5.41) is 10.4. The Kier molecular flexibility index (Phi) is 10.7. The summed E-state index contributed by atoms with van der Waals surface area (Å²) in [5.41, 5.74) is 4.34. The predicted molar refractivity (Wildman–Crippen MR) is 177 cm³/mol. The number of hydrogen-bond acceptors (Lipinski definition) is 7. The Labute approximate surface area is 267 Å².